The van der Waals surface area contributed by atoms with Crippen molar-refractivity contribution in [2.24, 2.45) is 7.05 Å². The van der Waals surface area contributed by atoms with E-state index in [1.807, 2.05) is 42.1 Å². The molecule has 2 heterocycles. The quantitative estimate of drug-likeness (QED) is 0.886. The molecule has 0 spiro atoms. The van der Waals surface area contributed by atoms with Crippen LogP contribution in [0.2, 0.25) is 0 Å². The third kappa shape index (κ3) is 3.61. The van der Waals surface area contributed by atoms with Gasteiger partial charge in [0.2, 0.25) is 0 Å². The third-order valence-corrected chi connectivity index (χ3v) is 4.56. The Morgan fingerprint density at radius 3 is 2.83 bits per heavy atom. The summed E-state index contributed by atoms with van der Waals surface area (Å²) in [4.78, 5) is 16.5. The van der Waals surface area contributed by atoms with Crippen LogP contribution in [0, 0.1) is 0 Å². The first-order chi connectivity index (χ1) is 11.6. The second-order valence-corrected chi connectivity index (χ2v) is 6.42. The molecule has 1 fully saturated rings. The van der Waals surface area contributed by atoms with E-state index in [-0.39, 0.29) is 5.91 Å². The third-order valence-electron chi connectivity index (χ3n) is 4.56. The van der Waals surface area contributed by atoms with Crippen molar-refractivity contribution < 1.29 is 14.6 Å². The van der Waals surface area contributed by atoms with E-state index < -0.39 is 6.10 Å². The van der Waals surface area contributed by atoms with Crippen LogP contribution in [0.15, 0.2) is 30.5 Å². The standard InChI is InChI=1S/C18H25N3O3/c1-19-7-6-15-16(4-3-5-17(15)19)18(23)20(2)12-14(22)13-21-8-10-24-11-9-21/h3-7,14,22H,8-13H2,1-2H3. The van der Waals surface area contributed by atoms with Gasteiger partial charge < -0.3 is 19.3 Å². The second-order valence-electron chi connectivity index (χ2n) is 6.42. The number of fused-ring (bicyclic) bond motifs is 1. The number of aliphatic hydroxyl groups is 1. The number of carbonyl (C=O) groups excluding carboxylic acids is 1. The van der Waals surface area contributed by atoms with Gasteiger partial charge in [-0.05, 0) is 18.2 Å². The number of aromatic nitrogens is 1. The lowest BCUT2D eigenvalue weighted by Gasteiger charge is -2.30. The summed E-state index contributed by atoms with van der Waals surface area (Å²) in [5.74, 6) is -0.0622. The van der Waals surface area contributed by atoms with Gasteiger partial charge in [0.25, 0.3) is 5.91 Å². The lowest BCUT2D eigenvalue weighted by molar-refractivity contribution is 0.00880. The zero-order valence-electron chi connectivity index (χ0n) is 14.3. The summed E-state index contributed by atoms with van der Waals surface area (Å²) in [5.41, 5.74) is 1.71. The molecular formula is C18H25N3O3. The molecule has 24 heavy (non-hydrogen) atoms. The number of hydrogen-bond acceptors (Lipinski definition) is 4. The van der Waals surface area contributed by atoms with Crippen LogP contribution in [0.5, 0.6) is 0 Å². The first kappa shape index (κ1) is 17.0. The van der Waals surface area contributed by atoms with Gasteiger partial charge in [-0.25, -0.2) is 0 Å². The molecule has 1 atom stereocenters. The number of aliphatic hydroxyl groups excluding tert-OH is 1. The smallest absolute Gasteiger partial charge is 0.254 e. The highest BCUT2D eigenvalue weighted by molar-refractivity contribution is 6.06. The number of hydrogen-bond donors (Lipinski definition) is 1. The minimum absolute atomic E-state index is 0.0622. The van der Waals surface area contributed by atoms with E-state index in [1.54, 1.807) is 11.9 Å². The van der Waals surface area contributed by atoms with Gasteiger partial charge in [0.1, 0.15) is 0 Å². The molecule has 1 aliphatic heterocycles. The average Bonchev–Trinajstić information content (AvgIpc) is 2.96. The van der Waals surface area contributed by atoms with E-state index in [1.165, 1.54) is 0 Å². The van der Waals surface area contributed by atoms with E-state index in [9.17, 15) is 9.90 Å². The second kappa shape index (κ2) is 7.34. The van der Waals surface area contributed by atoms with Crippen molar-refractivity contribution in [2.45, 2.75) is 6.10 Å². The van der Waals surface area contributed by atoms with E-state index >= 15 is 0 Å². The summed E-state index contributed by atoms with van der Waals surface area (Å²) in [6.07, 6.45) is 1.39. The molecule has 1 unspecified atom stereocenters. The Morgan fingerprint density at radius 2 is 2.08 bits per heavy atom. The Balaban J connectivity index is 1.65. The molecule has 1 aromatic carbocycles. The van der Waals surface area contributed by atoms with Crippen molar-refractivity contribution in [3.63, 3.8) is 0 Å². The van der Waals surface area contributed by atoms with Gasteiger partial charge in [0.15, 0.2) is 0 Å². The zero-order chi connectivity index (χ0) is 17.1. The topological polar surface area (TPSA) is 57.9 Å². The maximum absolute atomic E-state index is 12.8. The van der Waals surface area contributed by atoms with Crippen molar-refractivity contribution in [1.29, 1.82) is 0 Å². The number of β-amino-alcohol motifs (C(OH)–C–C–N with tert-alkyl or cyclic N) is 1. The monoisotopic (exact) mass is 331 g/mol. The molecule has 1 N–H and O–H groups in total. The van der Waals surface area contributed by atoms with Crippen molar-refractivity contribution >= 4 is 16.8 Å². The molecule has 2 aromatic rings. The molecular weight excluding hydrogens is 306 g/mol. The Morgan fingerprint density at radius 1 is 1.33 bits per heavy atom. The molecule has 6 heteroatoms. The molecule has 0 radical (unpaired) electrons. The van der Waals surface area contributed by atoms with Gasteiger partial charge >= 0.3 is 0 Å². The summed E-state index contributed by atoms with van der Waals surface area (Å²) in [6.45, 7) is 3.96. The predicted octanol–water partition coefficient (Wildman–Crippen LogP) is 0.943. The van der Waals surface area contributed by atoms with Crippen LogP contribution in [0.25, 0.3) is 10.9 Å². The van der Waals surface area contributed by atoms with Crippen molar-refractivity contribution in [2.75, 3.05) is 46.4 Å². The van der Waals surface area contributed by atoms with Crippen LogP contribution < -0.4 is 0 Å². The number of aryl methyl sites for hydroxylation is 1. The summed E-state index contributed by atoms with van der Waals surface area (Å²) < 4.78 is 7.31. The molecule has 6 nitrogen and oxygen atoms in total. The average molecular weight is 331 g/mol. The maximum atomic E-state index is 12.8. The lowest BCUT2D eigenvalue weighted by atomic mass is 10.1. The highest BCUT2D eigenvalue weighted by atomic mass is 16.5. The molecule has 130 valence electrons. The van der Waals surface area contributed by atoms with Crippen LogP contribution in [0.3, 0.4) is 0 Å². The minimum Gasteiger partial charge on any atom is -0.390 e. The van der Waals surface area contributed by atoms with E-state index in [0.717, 1.165) is 24.0 Å². The number of nitrogens with zero attached hydrogens (tertiary/aromatic N) is 3. The maximum Gasteiger partial charge on any atom is 0.254 e. The number of likely N-dealkylation sites (N-methyl/N-ethyl adjacent to an activating group) is 1. The molecule has 1 saturated heterocycles. The van der Waals surface area contributed by atoms with Gasteiger partial charge in [-0.2, -0.15) is 0 Å². The Kier molecular flexibility index (Phi) is 5.18. The number of benzene rings is 1. The molecule has 0 bridgehead atoms. The molecule has 1 amide bonds. The molecule has 0 saturated carbocycles. The fourth-order valence-electron chi connectivity index (χ4n) is 3.23. The lowest BCUT2D eigenvalue weighted by Crippen LogP contribution is -2.45. The number of ether oxygens (including phenoxy) is 1. The fraction of sp³-hybridized carbons (Fsp3) is 0.500. The molecule has 0 aliphatic carbocycles. The number of carbonyl (C=O) groups is 1. The Bertz CT molecular complexity index is 707. The highest BCUT2D eigenvalue weighted by Gasteiger charge is 2.20. The van der Waals surface area contributed by atoms with Crippen molar-refractivity contribution in [3.05, 3.63) is 36.0 Å². The van der Waals surface area contributed by atoms with Gasteiger partial charge in [0.05, 0.1) is 19.3 Å². The van der Waals surface area contributed by atoms with Crippen LogP contribution in [0.1, 0.15) is 10.4 Å². The molecule has 1 aromatic heterocycles. The molecule has 1 aliphatic rings. The zero-order valence-corrected chi connectivity index (χ0v) is 14.3. The Labute approximate surface area is 142 Å². The summed E-state index contributed by atoms with van der Waals surface area (Å²) in [6, 6.07) is 7.70. The normalized spacial score (nSPS) is 17.1. The van der Waals surface area contributed by atoms with Crippen LogP contribution in [0.4, 0.5) is 0 Å². The van der Waals surface area contributed by atoms with E-state index in [2.05, 4.69) is 4.90 Å². The Hall–Kier alpha value is -1.89. The van der Waals surface area contributed by atoms with Gasteiger partial charge in [-0.15, -0.1) is 0 Å². The van der Waals surface area contributed by atoms with E-state index in [0.29, 0.717) is 31.9 Å². The summed E-state index contributed by atoms with van der Waals surface area (Å²) in [7, 11) is 3.71. The highest BCUT2D eigenvalue weighted by Crippen LogP contribution is 2.20. The van der Waals surface area contributed by atoms with Crippen molar-refractivity contribution in [1.82, 2.24) is 14.4 Å². The van der Waals surface area contributed by atoms with Crippen LogP contribution in [-0.4, -0.2) is 77.9 Å². The summed E-state index contributed by atoms with van der Waals surface area (Å²) in [5, 5.41) is 11.2. The van der Waals surface area contributed by atoms with Crippen LogP contribution in [-0.2, 0) is 11.8 Å². The van der Waals surface area contributed by atoms with Crippen LogP contribution >= 0.6 is 0 Å². The SMILES string of the molecule is CN(CC(O)CN1CCOCC1)C(=O)c1cccc2c1ccn2C. The predicted molar refractivity (Wildman–Crippen MR) is 93.1 cm³/mol. The van der Waals surface area contributed by atoms with Crippen molar-refractivity contribution in [3.8, 4) is 0 Å². The minimum atomic E-state index is -0.563. The fourth-order valence-corrected chi connectivity index (χ4v) is 3.23. The van der Waals surface area contributed by atoms with E-state index in [4.69, 9.17) is 4.74 Å². The van der Waals surface area contributed by atoms with Gasteiger partial charge in [-0.1, -0.05) is 6.07 Å². The molecule has 3 rings (SSSR count). The number of amides is 1. The first-order valence-corrected chi connectivity index (χ1v) is 8.34. The summed E-state index contributed by atoms with van der Waals surface area (Å²) >= 11 is 0. The number of morpholine rings is 1. The largest absolute Gasteiger partial charge is 0.390 e. The van der Waals surface area contributed by atoms with Gasteiger partial charge in [-0.3, -0.25) is 9.69 Å². The number of rotatable bonds is 5. The first-order valence-electron chi connectivity index (χ1n) is 8.34. The van der Waals surface area contributed by atoms with Gasteiger partial charge in [0, 0.05) is 62.9 Å².